The molecule has 3 rings (SSSR count). The van der Waals surface area contributed by atoms with Gasteiger partial charge in [0.25, 0.3) is 11.8 Å². The fourth-order valence-corrected chi connectivity index (χ4v) is 3.65. The molecule has 0 bridgehead atoms. The molecule has 1 heterocycles. The first-order chi connectivity index (χ1) is 12.5. The molecule has 5 heteroatoms. The number of benzene rings is 2. The molecule has 1 aliphatic heterocycles. The molecule has 0 radical (unpaired) electrons. The molecule has 1 aliphatic rings. The van der Waals surface area contributed by atoms with E-state index in [2.05, 4.69) is 36.4 Å². The van der Waals surface area contributed by atoms with E-state index in [1.54, 1.807) is 0 Å². The van der Waals surface area contributed by atoms with Crippen molar-refractivity contribution in [1.82, 2.24) is 9.80 Å². The molecule has 0 saturated carbocycles. The van der Waals surface area contributed by atoms with Crippen LogP contribution in [0, 0.1) is 3.57 Å². The lowest BCUT2D eigenvalue weighted by Crippen LogP contribution is -2.50. The van der Waals surface area contributed by atoms with E-state index in [0.717, 1.165) is 3.57 Å². The van der Waals surface area contributed by atoms with E-state index in [-0.39, 0.29) is 11.8 Å². The summed E-state index contributed by atoms with van der Waals surface area (Å²) in [5.41, 5.74) is 2.65. The maximum atomic E-state index is 12.7. The third-order valence-electron chi connectivity index (χ3n) is 4.75. The van der Waals surface area contributed by atoms with Crippen molar-refractivity contribution in [3.05, 3.63) is 68.8 Å². The first-order valence-electron chi connectivity index (χ1n) is 8.90. The monoisotopic (exact) mass is 462 g/mol. The van der Waals surface area contributed by atoms with Crippen LogP contribution in [0.5, 0.6) is 0 Å². The lowest BCUT2D eigenvalue weighted by molar-refractivity contribution is 0.0535. The Morgan fingerprint density at radius 3 is 1.88 bits per heavy atom. The SMILES string of the molecule is CC(C)c1ccc(C(=O)N2CCN(C(=O)c3cccc(I)c3)CC2)cc1. The van der Waals surface area contributed by atoms with Crippen LogP contribution in [0.25, 0.3) is 0 Å². The number of rotatable bonds is 3. The highest BCUT2D eigenvalue weighted by molar-refractivity contribution is 14.1. The van der Waals surface area contributed by atoms with E-state index in [9.17, 15) is 9.59 Å². The minimum atomic E-state index is 0.0388. The highest BCUT2D eigenvalue weighted by atomic mass is 127. The predicted octanol–water partition coefficient (Wildman–Crippen LogP) is 4.01. The molecular formula is C21H23IN2O2. The van der Waals surface area contributed by atoms with Crippen molar-refractivity contribution in [2.24, 2.45) is 0 Å². The number of amides is 2. The summed E-state index contributed by atoms with van der Waals surface area (Å²) in [4.78, 5) is 29.0. The average Bonchev–Trinajstić information content (AvgIpc) is 2.67. The average molecular weight is 462 g/mol. The van der Waals surface area contributed by atoms with E-state index in [4.69, 9.17) is 0 Å². The van der Waals surface area contributed by atoms with Crippen LogP contribution >= 0.6 is 22.6 Å². The number of piperazine rings is 1. The van der Waals surface area contributed by atoms with Crippen LogP contribution in [0.2, 0.25) is 0 Å². The quantitative estimate of drug-likeness (QED) is 0.647. The summed E-state index contributed by atoms with van der Waals surface area (Å²) in [7, 11) is 0. The van der Waals surface area contributed by atoms with Gasteiger partial charge in [-0.05, 0) is 64.4 Å². The Morgan fingerprint density at radius 1 is 0.846 bits per heavy atom. The van der Waals surface area contributed by atoms with E-state index in [1.807, 2.05) is 58.3 Å². The maximum Gasteiger partial charge on any atom is 0.254 e. The fraction of sp³-hybridized carbons (Fsp3) is 0.333. The highest BCUT2D eigenvalue weighted by Crippen LogP contribution is 2.17. The fourth-order valence-electron chi connectivity index (χ4n) is 3.11. The van der Waals surface area contributed by atoms with Gasteiger partial charge in [0.2, 0.25) is 0 Å². The normalized spacial score (nSPS) is 14.6. The molecule has 2 aromatic carbocycles. The third-order valence-corrected chi connectivity index (χ3v) is 5.42. The van der Waals surface area contributed by atoms with Gasteiger partial charge < -0.3 is 9.80 Å². The van der Waals surface area contributed by atoms with Crippen LogP contribution in [0.15, 0.2) is 48.5 Å². The zero-order chi connectivity index (χ0) is 18.7. The zero-order valence-corrected chi connectivity index (χ0v) is 17.3. The van der Waals surface area contributed by atoms with E-state index in [1.165, 1.54) is 5.56 Å². The molecule has 2 amide bonds. The van der Waals surface area contributed by atoms with Gasteiger partial charge in [-0.15, -0.1) is 0 Å². The van der Waals surface area contributed by atoms with E-state index >= 15 is 0 Å². The van der Waals surface area contributed by atoms with Gasteiger partial charge in [-0.25, -0.2) is 0 Å². The van der Waals surface area contributed by atoms with Crippen LogP contribution in [0.4, 0.5) is 0 Å². The van der Waals surface area contributed by atoms with Crippen molar-refractivity contribution in [1.29, 1.82) is 0 Å². The van der Waals surface area contributed by atoms with Crippen molar-refractivity contribution < 1.29 is 9.59 Å². The topological polar surface area (TPSA) is 40.6 Å². The van der Waals surface area contributed by atoms with Gasteiger partial charge in [0.1, 0.15) is 0 Å². The van der Waals surface area contributed by atoms with Gasteiger partial charge in [-0.1, -0.05) is 32.0 Å². The smallest absolute Gasteiger partial charge is 0.254 e. The molecule has 4 nitrogen and oxygen atoms in total. The molecule has 1 saturated heterocycles. The summed E-state index contributed by atoms with van der Waals surface area (Å²) in [6, 6.07) is 15.5. The molecule has 1 fully saturated rings. The van der Waals surface area contributed by atoms with Gasteiger partial charge >= 0.3 is 0 Å². The Hall–Kier alpha value is -1.89. The Balaban J connectivity index is 1.61. The van der Waals surface area contributed by atoms with Crippen LogP contribution in [0.3, 0.4) is 0 Å². The van der Waals surface area contributed by atoms with Crippen molar-refractivity contribution in [2.75, 3.05) is 26.2 Å². The first kappa shape index (κ1) is 18.9. The maximum absolute atomic E-state index is 12.7. The largest absolute Gasteiger partial charge is 0.335 e. The van der Waals surface area contributed by atoms with Gasteiger partial charge in [0, 0.05) is 40.9 Å². The summed E-state index contributed by atoms with van der Waals surface area (Å²) in [5.74, 6) is 0.535. The number of carbonyl (C=O) groups excluding carboxylic acids is 2. The van der Waals surface area contributed by atoms with Gasteiger partial charge in [0.15, 0.2) is 0 Å². The molecule has 0 aliphatic carbocycles. The molecule has 136 valence electrons. The van der Waals surface area contributed by atoms with E-state index in [0.29, 0.717) is 43.2 Å². The minimum Gasteiger partial charge on any atom is -0.335 e. The number of carbonyl (C=O) groups is 2. The second kappa shape index (κ2) is 8.20. The lowest BCUT2D eigenvalue weighted by Gasteiger charge is -2.35. The Kier molecular flexibility index (Phi) is 5.96. The molecule has 0 spiro atoms. The molecule has 2 aromatic rings. The highest BCUT2D eigenvalue weighted by Gasteiger charge is 2.25. The summed E-state index contributed by atoms with van der Waals surface area (Å²) >= 11 is 2.21. The van der Waals surface area contributed by atoms with Crippen LogP contribution in [-0.2, 0) is 0 Å². The standard InChI is InChI=1S/C21H23IN2O2/c1-15(2)16-6-8-17(9-7-16)20(25)23-10-12-24(13-11-23)21(26)18-4-3-5-19(22)14-18/h3-9,14-15H,10-13H2,1-2H3. The van der Waals surface area contributed by atoms with Gasteiger partial charge in [-0.3, -0.25) is 9.59 Å². The summed E-state index contributed by atoms with van der Waals surface area (Å²) in [6.07, 6.45) is 0. The molecule has 0 atom stereocenters. The number of nitrogens with zero attached hydrogens (tertiary/aromatic N) is 2. The van der Waals surface area contributed by atoms with Crippen LogP contribution in [-0.4, -0.2) is 47.8 Å². The molecule has 0 unspecified atom stereocenters. The molecule has 26 heavy (non-hydrogen) atoms. The predicted molar refractivity (Wildman–Crippen MR) is 111 cm³/mol. The molecule has 0 N–H and O–H groups in total. The zero-order valence-electron chi connectivity index (χ0n) is 15.1. The Bertz CT molecular complexity index is 794. The number of hydrogen-bond donors (Lipinski definition) is 0. The van der Waals surface area contributed by atoms with Crippen LogP contribution in [0.1, 0.15) is 46.0 Å². The van der Waals surface area contributed by atoms with Crippen LogP contribution < -0.4 is 0 Å². The van der Waals surface area contributed by atoms with Crippen molar-refractivity contribution in [2.45, 2.75) is 19.8 Å². The van der Waals surface area contributed by atoms with Gasteiger partial charge in [-0.2, -0.15) is 0 Å². The van der Waals surface area contributed by atoms with Crippen molar-refractivity contribution in [3.63, 3.8) is 0 Å². The van der Waals surface area contributed by atoms with Gasteiger partial charge in [0.05, 0.1) is 0 Å². The second-order valence-corrected chi connectivity index (χ2v) is 8.12. The number of hydrogen-bond acceptors (Lipinski definition) is 2. The first-order valence-corrected chi connectivity index (χ1v) is 9.97. The Labute approximate surface area is 168 Å². The second-order valence-electron chi connectivity index (χ2n) is 6.87. The summed E-state index contributed by atoms with van der Waals surface area (Å²) in [6.45, 7) is 6.56. The van der Waals surface area contributed by atoms with E-state index < -0.39 is 0 Å². The lowest BCUT2D eigenvalue weighted by atomic mass is 10.0. The summed E-state index contributed by atoms with van der Waals surface area (Å²) < 4.78 is 1.05. The Morgan fingerprint density at radius 2 is 1.38 bits per heavy atom. The molecule has 0 aromatic heterocycles. The number of halogens is 1. The van der Waals surface area contributed by atoms with Crippen molar-refractivity contribution >= 4 is 34.4 Å². The minimum absolute atomic E-state index is 0.0388. The summed E-state index contributed by atoms with van der Waals surface area (Å²) in [5, 5.41) is 0. The third kappa shape index (κ3) is 4.26. The van der Waals surface area contributed by atoms with Crippen molar-refractivity contribution in [3.8, 4) is 0 Å². The molecular weight excluding hydrogens is 439 g/mol.